The Hall–Kier alpha value is -0.150. The highest BCUT2D eigenvalue weighted by molar-refractivity contribution is 6.30. The molecule has 1 aromatic rings. The van der Waals surface area contributed by atoms with Crippen molar-refractivity contribution >= 4 is 42.1 Å². The highest BCUT2D eigenvalue weighted by Crippen LogP contribution is 2.11. The number of benzene rings is 1. The van der Waals surface area contributed by atoms with Gasteiger partial charge in [-0.05, 0) is 24.3 Å². The van der Waals surface area contributed by atoms with E-state index in [9.17, 15) is 0 Å². The lowest BCUT2D eigenvalue weighted by Crippen LogP contribution is -2.05. The molecule has 1 aromatic carbocycles. The van der Waals surface area contributed by atoms with Crippen molar-refractivity contribution in [2.45, 2.75) is 0 Å². The van der Waals surface area contributed by atoms with Crippen LogP contribution in [0.3, 0.4) is 0 Å². The lowest BCUT2D eigenvalue weighted by Gasteiger charge is -1.96. The standard InChI is InChI=1S/C6H7ClN2.2ClH/c7-5-1-3-6(9-8)4-2-5;;/h1-4,9H,8H2;2*1H. The Labute approximate surface area is 82.9 Å². The molecule has 0 amide bonds. The Morgan fingerprint density at radius 2 is 1.55 bits per heavy atom. The minimum atomic E-state index is 0. The normalized spacial score (nSPS) is 7.45. The first kappa shape index (κ1) is 13.4. The maximum atomic E-state index is 5.60. The minimum Gasteiger partial charge on any atom is -0.324 e. The molecule has 11 heavy (non-hydrogen) atoms. The van der Waals surface area contributed by atoms with Crippen LogP contribution in [0.25, 0.3) is 0 Å². The Bertz CT molecular complexity index is 188. The van der Waals surface area contributed by atoms with Gasteiger partial charge in [-0.1, -0.05) is 11.6 Å². The van der Waals surface area contributed by atoms with Gasteiger partial charge in [-0.25, -0.2) is 0 Å². The molecule has 0 saturated heterocycles. The van der Waals surface area contributed by atoms with Gasteiger partial charge in [0.15, 0.2) is 0 Å². The minimum absolute atomic E-state index is 0. The van der Waals surface area contributed by atoms with Gasteiger partial charge in [0.2, 0.25) is 0 Å². The summed E-state index contributed by atoms with van der Waals surface area (Å²) < 4.78 is 0. The van der Waals surface area contributed by atoms with E-state index >= 15 is 0 Å². The fourth-order valence-electron chi connectivity index (χ4n) is 0.546. The smallest absolute Gasteiger partial charge is 0.0486 e. The molecule has 0 aliphatic rings. The highest BCUT2D eigenvalue weighted by Gasteiger charge is 1.85. The molecule has 0 fully saturated rings. The van der Waals surface area contributed by atoms with E-state index in [4.69, 9.17) is 17.4 Å². The molecule has 0 aliphatic carbocycles. The monoisotopic (exact) mass is 214 g/mol. The molecule has 0 heterocycles. The molecule has 0 bridgehead atoms. The maximum absolute atomic E-state index is 5.60. The molecule has 0 spiro atoms. The van der Waals surface area contributed by atoms with Crippen LogP contribution >= 0.6 is 36.4 Å². The van der Waals surface area contributed by atoms with Crippen molar-refractivity contribution in [3.8, 4) is 0 Å². The largest absolute Gasteiger partial charge is 0.324 e. The number of rotatable bonds is 1. The third-order valence-electron chi connectivity index (χ3n) is 1.01. The molecular weight excluding hydrogens is 206 g/mol. The van der Waals surface area contributed by atoms with Gasteiger partial charge in [0.05, 0.1) is 0 Å². The second-order valence-electron chi connectivity index (χ2n) is 1.65. The van der Waals surface area contributed by atoms with Crippen LogP contribution in [0.15, 0.2) is 24.3 Å². The first-order chi connectivity index (χ1) is 4.33. The van der Waals surface area contributed by atoms with Gasteiger partial charge in [-0.2, -0.15) is 0 Å². The average molecular weight is 216 g/mol. The first-order valence-electron chi connectivity index (χ1n) is 2.55. The Morgan fingerprint density at radius 3 is 1.91 bits per heavy atom. The van der Waals surface area contributed by atoms with Gasteiger partial charge in [0.25, 0.3) is 0 Å². The third-order valence-corrected chi connectivity index (χ3v) is 1.26. The summed E-state index contributed by atoms with van der Waals surface area (Å²) in [6, 6.07) is 7.16. The predicted octanol–water partition coefficient (Wildman–Crippen LogP) is 2.47. The third kappa shape index (κ3) is 4.32. The molecule has 0 aliphatic heterocycles. The molecule has 1 rings (SSSR count). The quantitative estimate of drug-likeness (QED) is 0.558. The van der Waals surface area contributed by atoms with E-state index in [2.05, 4.69) is 5.43 Å². The van der Waals surface area contributed by atoms with Crippen LogP contribution in [0.5, 0.6) is 0 Å². The molecule has 3 N–H and O–H groups in total. The molecule has 0 radical (unpaired) electrons. The van der Waals surface area contributed by atoms with Crippen molar-refractivity contribution in [1.82, 2.24) is 0 Å². The molecule has 64 valence electrons. The van der Waals surface area contributed by atoms with Gasteiger partial charge >= 0.3 is 0 Å². The number of nitrogens with two attached hydrogens (primary N) is 1. The summed E-state index contributed by atoms with van der Waals surface area (Å²) >= 11 is 5.60. The van der Waals surface area contributed by atoms with E-state index in [0.29, 0.717) is 5.02 Å². The van der Waals surface area contributed by atoms with Crippen LogP contribution in [0.1, 0.15) is 0 Å². The van der Waals surface area contributed by atoms with Crippen molar-refractivity contribution in [2.24, 2.45) is 5.84 Å². The summed E-state index contributed by atoms with van der Waals surface area (Å²) in [6.07, 6.45) is 0. The topological polar surface area (TPSA) is 38.0 Å². The number of nitrogens with one attached hydrogen (secondary N) is 1. The van der Waals surface area contributed by atoms with E-state index in [0.717, 1.165) is 5.69 Å². The van der Waals surface area contributed by atoms with Crippen LogP contribution < -0.4 is 11.3 Å². The van der Waals surface area contributed by atoms with Gasteiger partial charge in [0, 0.05) is 10.7 Å². The maximum Gasteiger partial charge on any atom is 0.0486 e. The predicted molar refractivity (Wildman–Crippen MR) is 53.8 cm³/mol. The number of hydrogen-bond donors (Lipinski definition) is 2. The van der Waals surface area contributed by atoms with Gasteiger partial charge in [0.1, 0.15) is 0 Å². The van der Waals surface area contributed by atoms with Crippen molar-refractivity contribution in [3.63, 3.8) is 0 Å². The van der Waals surface area contributed by atoms with E-state index in [1.165, 1.54) is 0 Å². The molecule has 2 nitrogen and oxygen atoms in total. The zero-order chi connectivity index (χ0) is 6.69. The molecular formula is C6H9Cl3N2. The van der Waals surface area contributed by atoms with Gasteiger partial charge < -0.3 is 5.43 Å². The fourth-order valence-corrected chi connectivity index (χ4v) is 0.672. The van der Waals surface area contributed by atoms with Crippen LogP contribution in [-0.2, 0) is 0 Å². The average Bonchev–Trinajstić information content (AvgIpc) is 1.90. The Balaban J connectivity index is 0. The number of halogens is 3. The summed E-state index contributed by atoms with van der Waals surface area (Å²) in [5.41, 5.74) is 3.36. The highest BCUT2D eigenvalue weighted by atomic mass is 35.5. The molecule has 0 unspecified atom stereocenters. The number of nitrogen functional groups attached to an aromatic ring is 1. The molecule has 5 heteroatoms. The van der Waals surface area contributed by atoms with Gasteiger partial charge in [-0.3, -0.25) is 5.84 Å². The van der Waals surface area contributed by atoms with Crippen LogP contribution in [0.4, 0.5) is 5.69 Å². The number of anilines is 1. The van der Waals surface area contributed by atoms with Gasteiger partial charge in [-0.15, -0.1) is 24.8 Å². The second-order valence-corrected chi connectivity index (χ2v) is 2.09. The molecule has 0 atom stereocenters. The Morgan fingerprint density at radius 1 is 1.09 bits per heavy atom. The number of hydrazine groups is 1. The lowest BCUT2D eigenvalue weighted by molar-refractivity contribution is 1.35. The first-order valence-corrected chi connectivity index (χ1v) is 2.93. The molecule has 0 aromatic heterocycles. The number of hydrogen-bond acceptors (Lipinski definition) is 2. The van der Waals surface area contributed by atoms with Crippen LogP contribution in [0, 0.1) is 0 Å². The van der Waals surface area contributed by atoms with Crippen molar-refractivity contribution in [2.75, 3.05) is 5.43 Å². The SMILES string of the molecule is Cl.Cl.NNc1ccc(Cl)cc1. The van der Waals surface area contributed by atoms with E-state index < -0.39 is 0 Å². The van der Waals surface area contributed by atoms with Crippen LogP contribution in [-0.4, -0.2) is 0 Å². The van der Waals surface area contributed by atoms with E-state index in [1.807, 2.05) is 12.1 Å². The van der Waals surface area contributed by atoms with Crippen molar-refractivity contribution in [1.29, 1.82) is 0 Å². The zero-order valence-electron chi connectivity index (χ0n) is 5.58. The summed E-state index contributed by atoms with van der Waals surface area (Å²) in [6.45, 7) is 0. The summed E-state index contributed by atoms with van der Waals surface area (Å²) in [5.74, 6) is 5.11. The summed E-state index contributed by atoms with van der Waals surface area (Å²) in [4.78, 5) is 0. The van der Waals surface area contributed by atoms with Crippen LogP contribution in [0.2, 0.25) is 5.02 Å². The van der Waals surface area contributed by atoms with E-state index in [-0.39, 0.29) is 24.8 Å². The summed E-state index contributed by atoms with van der Waals surface area (Å²) in [5, 5.41) is 0.717. The Kier molecular flexibility index (Phi) is 8.01. The summed E-state index contributed by atoms with van der Waals surface area (Å²) in [7, 11) is 0. The molecule has 0 saturated carbocycles. The van der Waals surface area contributed by atoms with E-state index in [1.54, 1.807) is 12.1 Å². The van der Waals surface area contributed by atoms with Crippen molar-refractivity contribution in [3.05, 3.63) is 29.3 Å². The fraction of sp³-hybridized carbons (Fsp3) is 0. The lowest BCUT2D eigenvalue weighted by atomic mass is 10.3. The zero-order valence-corrected chi connectivity index (χ0v) is 7.97. The van der Waals surface area contributed by atoms with Crippen molar-refractivity contribution < 1.29 is 0 Å². The second kappa shape index (κ2) is 6.55.